The minimum atomic E-state index is -0.916. The fraction of sp³-hybridized carbons (Fsp3) is 0.733. The largest absolute Gasteiger partial charge is 0.481 e. The van der Waals surface area contributed by atoms with Gasteiger partial charge in [-0.3, -0.25) is 4.79 Å². The molecule has 1 saturated carbocycles. The van der Waals surface area contributed by atoms with E-state index < -0.39 is 11.4 Å². The van der Waals surface area contributed by atoms with Gasteiger partial charge in [-0.1, -0.05) is 19.3 Å². The highest BCUT2D eigenvalue weighted by Gasteiger charge is 2.32. The van der Waals surface area contributed by atoms with Crippen molar-refractivity contribution in [2.75, 3.05) is 18.5 Å². The molecule has 1 aliphatic carbocycles. The van der Waals surface area contributed by atoms with E-state index in [0.717, 1.165) is 17.6 Å². The number of carbonyl (C=O) groups is 1. The molecule has 0 aromatic carbocycles. The van der Waals surface area contributed by atoms with Crippen LogP contribution in [-0.4, -0.2) is 29.7 Å². The number of hydrogen-bond donors (Lipinski definition) is 1. The molecule has 0 amide bonds. The Kier molecular flexibility index (Phi) is 4.68. The minimum absolute atomic E-state index is 0.653. The highest BCUT2D eigenvalue weighted by atomic mass is 32.1. The molecule has 0 unspecified atom stereocenters. The summed E-state index contributed by atoms with van der Waals surface area (Å²) in [5, 5.41) is 12.1. The van der Waals surface area contributed by atoms with E-state index in [1.807, 2.05) is 5.38 Å². The number of carboxylic acid groups (broad SMARTS) is 1. The number of thiazole rings is 1. The van der Waals surface area contributed by atoms with Gasteiger partial charge in [-0.2, -0.15) is 0 Å². The Morgan fingerprint density at radius 1 is 1.45 bits per heavy atom. The quantitative estimate of drug-likeness (QED) is 0.903. The van der Waals surface area contributed by atoms with Crippen LogP contribution in [0.1, 0.15) is 51.6 Å². The first-order valence-corrected chi connectivity index (χ1v) is 8.19. The van der Waals surface area contributed by atoms with Gasteiger partial charge in [0.25, 0.3) is 0 Å². The van der Waals surface area contributed by atoms with Gasteiger partial charge in [0.15, 0.2) is 5.13 Å². The topological polar surface area (TPSA) is 53.4 Å². The highest BCUT2D eigenvalue weighted by molar-refractivity contribution is 7.13. The molecule has 112 valence electrons. The maximum atomic E-state index is 11.3. The standard InChI is InChI=1S/C15H24N2O2S/c1-15(2,13(18)19)12-10-20-14(16-12)17(3)9-11-7-5-4-6-8-11/h10-11H,4-9H2,1-3H3,(H,18,19). The van der Waals surface area contributed by atoms with E-state index in [0.29, 0.717) is 5.69 Å². The summed E-state index contributed by atoms with van der Waals surface area (Å²) >= 11 is 1.54. The molecule has 0 aliphatic heterocycles. The Labute approximate surface area is 124 Å². The minimum Gasteiger partial charge on any atom is -0.481 e. The van der Waals surface area contributed by atoms with E-state index >= 15 is 0 Å². The third-order valence-corrected chi connectivity index (χ3v) is 5.21. The Morgan fingerprint density at radius 2 is 2.10 bits per heavy atom. The zero-order chi connectivity index (χ0) is 14.8. The number of carboxylic acids is 1. The molecule has 0 bridgehead atoms. The van der Waals surface area contributed by atoms with Crippen molar-refractivity contribution in [1.29, 1.82) is 0 Å². The Hall–Kier alpha value is -1.10. The van der Waals surface area contributed by atoms with Gasteiger partial charge in [0.2, 0.25) is 0 Å². The predicted molar refractivity (Wildman–Crippen MR) is 82.6 cm³/mol. The molecule has 1 N–H and O–H groups in total. The van der Waals surface area contributed by atoms with Crippen molar-refractivity contribution in [1.82, 2.24) is 4.98 Å². The molecule has 0 radical (unpaired) electrons. The van der Waals surface area contributed by atoms with Gasteiger partial charge in [-0.15, -0.1) is 11.3 Å². The summed E-state index contributed by atoms with van der Waals surface area (Å²) in [5.74, 6) is -0.0714. The number of anilines is 1. The molecular weight excluding hydrogens is 272 g/mol. The van der Waals surface area contributed by atoms with Crippen LogP contribution in [0.2, 0.25) is 0 Å². The fourth-order valence-electron chi connectivity index (χ4n) is 2.67. The van der Waals surface area contributed by atoms with Crippen LogP contribution < -0.4 is 4.90 Å². The van der Waals surface area contributed by atoms with Crippen LogP contribution in [0.4, 0.5) is 5.13 Å². The van der Waals surface area contributed by atoms with Crippen LogP contribution >= 0.6 is 11.3 Å². The first kappa shape index (κ1) is 15.3. The Morgan fingerprint density at radius 3 is 2.70 bits per heavy atom. The van der Waals surface area contributed by atoms with Crippen molar-refractivity contribution in [3.05, 3.63) is 11.1 Å². The van der Waals surface area contributed by atoms with Crippen molar-refractivity contribution in [2.45, 2.75) is 51.4 Å². The summed E-state index contributed by atoms with van der Waals surface area (Å²) in [6, 6.07) is 0. The average molecular weight is 296 g/mol. The van der Waals surface area contributed by atoms with Crippen LogP contribution in [0.5, 0.6) is 0 Å². The van der Waals surface area contributed by atoms with Gasteiger partial charge < -0.3 is 10.0 Å². The van der Waals surface area contributed by atoms with E-state index in [1.54, 1.807) is 25.2 Å². The molecule has 0 atom stereocenters. The lowest BCUT2D eigenvalue weighted by Gasteiger charge is -2.26. The smallest absolute Gasteiger partial charge is 0.315 e. The van der Waals surface area contributed by atoms with Crippen molar-refractivity contribution in [3.63, 3.8) is 0 Å². The van der Waals surface area contributed by atoms with Gasteiger partial charge in [0.1, 0.15) is 5.41 Å². The maximum Gasteiger partial charge on any atom is 0.315 e. The van der Waals surface area contributed by atoms with Crippen molar-refractivity contribution in [3.8, 4) is 0 Å². The summed E-state index contributed by atoms with van der Waals surface area (Å²) in [6.07, 6.45) is 6.67. The van der Waals surface area contributed by atoms with Crippen LogP contribution in [0.3, 0.4) is 0 Å². The molecule has 4 nitrogen and oxygen atoms in total. The number of aromatic nitrogens is 1. The molecule has 2 rings (SSSR count). The van der Waals surface area contributed by atoms with Crippen molar-refractivity contribution in [2.24, 2.45) is 5.92 Å². The molecule has 1 aromatic heterocycles. The van der Waals surface area contributed by atoms with Gasteiger partial charge in [0.05, 0.1) is 5.69 Å². The second-order valence-corrected chi connectivity index (χ2v) is 7.17. The van der Waals surface area contributed by atoms with Gasteiger partial charge >= 0.3 is 5.97 Å². The van der Waals surface area contributed by atoms with Gasteiger partial charge in [0, 0.05) is 19.0 Å². The molecule has 0 saturated heterocycles. The monoisotopic (exact) mass is 296 g/mol. The normalized spacial score (nSPS) is 17.1. The SMILES string of the molecule is CN(CC1CCCCC1)c1nc(C(C)(C)C(=O)O)cs1. The lowest BCUT2D eigenvalue weighted by atomic mass is 9.89. The number of rotatable bonds is 5. The summed E-state index contributed by atoms with van der Waals surface area (Å²) in [6.45, 7) is 4.44. The lowest BCUT2D eigenvalue weighted by molar-refractivity contribution is -0.142. The van der Waals surface area contributed by atoms with E-state index in [1.165, 1.54) is 32.1 Å². The summed E-state index contributed by atoms with van der Waals surface area (Å²) in [4.78, 5) is 18.0. The molecule has 0 spiro atoms. The fourth-order valence-corrected chi connectivity index (χ4v) is 3.64. The van der Waals surface area contributed by atoms with Gasteiger partial charge in [-0.25, -0.2) is 4.98 Å². The summed E-state index contributed by atoms with van der Waals surface area (Å²) < 4.78 is 0. The second-order valence-electron chi connectivity index (χ2n) is 6.33. The van der Waals surface area contributed by atoms with E-state index in [2.05, 4.69) is 16.9 Å². The van der Waals surface area contributed by atoms with Crippen LogP contribution in [0.15, 0.2) is 5.38 Å². The Balaban J connectivity index is 2.02. The molecule has 20 heavy (non-hydrogen) atoms. The number of nitrogens with zero attached hydrogens (tertiary/aromatic N) is 2. The first-order chi connectivity index (χ1) is 9.41. The van der Waals surface area contributed by atoms with E-state index in [9.17, 15) is 9.90 Å². The average Bonchev–Trinajstić information content (AvgIpc) is 2.90. The molecule has 1 aliphatic rings. The Bertz CT molecular complexity index is 464. The molecule has 1 heterocycles. The van der Waals surface area contributed by atoms with Gasteiger partial charge in [-0.05, 0) is 32.6 Å². The molecule has 1 aromatic rings. The zero-order valence-corrected chi connectivity index (χ0v) is 13.4. The highest BCUT2D eigenvalue weighted by Crippen LogP contribution is 2.31. The molecule has 1 fully saturated rings. The van der Waals surface area contributed by atoms with Crippen molar-refractivity contribution < 1.29 is 9.90 Å². The third kappa shape index (κ3) is 3.32. The van der Waals surface area contributed by atoms with Crippen LogP contribution in [0.25, 0.3) is 0 Å². The van der Waals surface area contributed by atoms with Crippen LogP contribution in [0, 0.1) is 5.92 Å². The number of hydrogen-bond acceptors (Lipinski definition) is 4. The second kappa shape index (κ2) is 6.12. The van der Waals surface area contributed by atoms with Crippen molar-refractivity contribution >= 4 is 22.4 Å². The van der Waals surface area contributed by atoms with Crippen LogP contribution in [-0.2, 0) is 10.2 Å². The third-order valence-electron chi connectivity index (χ3n) is 4.25. The first-order valence-electron chi connectivity index (χ1n) is 7.32. The maximum absolute atomic E-state index is 11.3. The molecule has 5 heteroatoms. The predicted octanol–water partition coefficient (Wildman–Crippen LogP) is 3.52. The summed E-state index contributed by atoms with van der Waals surface area (Å²) in [7, 11) is 2.06. The summed E-state index contributed by atoms with van der Waals surface area (Å²) in [5.41, 5.74) is -0.263. The molecular formula is C15H24N2O2S. The van der Waals surface area contributed by atoms with E-state index in [-0.39, 0.29) is 0 Å². The lowest BCUT2D eigenvalue weighted by Crippen LogP contribution is -2.30. The number of aliphatic carboxylic acids is 1. The zero-order valence-electron chi connectivity index (χ0n) is 12.6. The van der Waals surface area contributed by atoms with E-state index in [4.69, 9.17) is 0 Å².